The molecule has 0 N–H and O–H groups in total. The van der Waals surface area contributed by atoms with Crippen molar-refractivity contribution >= 4 is 33.9 Å². The van der Waals surface area contributed by atoms with Crippen LogP contribution in [0.3, 0.4) is 0 Å². The van der Waals surface area contributed by atoms with Crippen LogP contribution in [0.15, 0.2) is 146 Å². The van der Waals surface area contributed by atoms with Gasteiger partial charge in [-0.15, -0.1) is 0 Å². The van der Waals surface area contributed by atoms with Gasteiger partial charge in [0.25, 0.3) is 0 Å². The molecule has 0 amide bonds. The fourth-order valence-corrected chi connectivity index (χ4v) is 8.62. The Morgan fingerprint density at radius 3 is 1.53 bits per heavy atom. The van der Waals surface area contributed by atoms with Gasteiger partial charge in [0.05, 0.1) is 5.56 Å². The van der Waals surface area contributed by atoms with Crippen LogP contribution in [0.25, 0.3) is 39.1 Å². The predicted molar refractivity (Wildman–Crippen MR) is 229 cm³/mol. The van der Waals surface area contributed by atoms with Crippen LogP contribution >= 0.6 is 0 Å². The van der Waals surface area contributed by atoms with E-state index in [2.05, 4.69) is 95.0 Å². The van der Waals surface area contributed by atoms with E-state index < -0.39 is 23.2 Å². The zero-order valence-corrected chi connectivity index (χ0v) is 33.3. The van der Waals surface area contributed by atoms with Gasteiger partial charge in [0, 0.05) is 50.1 Å². The lowest BCUT2D eigenvalue weighted by Gasteiger charge is -2.38. The monoisotopic (exact) mass is 773 g/mol. The third-order valence-electron chi connectivity index (χ3n) is 11.7. The predicted octanol–water partition coefficient (Wildman–Crippen LogP) is 15.1. The number of ether oxygens (including phenoxy) is 1. The minimum Gasteiger partial charge on any atom is -0.472 e. The molecule has 0 radical (unpaired) electrons. The summed E-state index contributed by atoms with van der Waals surface area (Å²) in [4.78, 5) is 2.19. The van der Waals surface area contributed by atoms with Crippen LogP contribution in [0.1, 0.15) is 74.9 Å². The van der Waals surface area contributed by atoms with Gasteiger partial charge in [-0.2, -0.15) is 13.2 Å². The highest BCUT2D eigenvalue weighted by Gasteiger charge is 2.46. The number of rotatable bonds is 5. The molecule has 2 aliphatic rings. The Morgan fingerprint density at radius 1 is 0.534 bits per heavy atom. The van der Waals surface area contributed by atoms with E-state index in [1.165, 1.54) is 23.3 Å². The van der Waals surface area contributed by atoms with Crippen molar-refractivity contribution in [2.75, 3.05) is 4.90 Å². The summed E-state index contributed by atoms with van der Waals surface area (Å²) >= 11 is 0. The maximum absolute atomic E-state index is 15.4. The van der Waals surface area contributed by atoms with E-state index in [4.69, 9.17) is 4.74 Å². The van der Waals surface area contributed by atoms with Crippen molar-refractivity contribution in [3.05, 3.63) is 185 Å². The number of anilines is 3. The topological polar surface area (TPSA) is 12.5 Å². The Morgan fingerprint density at radius 2 is 1.02 bits per heavy atom. The molecule has 2 nitrogen and oxygen atoms in total. The highest BCUT2D eigenvalue weighted by Crippen LogP contribution is 2.58. The van der Waals surface area contributed by atoms with Crippen LogP contribution in [0, 0.1) is 5.82 Å². The van der Waals surface area contributed by atoms with Crippen molar-refractivity contribution < 1.29 is 22.3 Å². The molecule has 0 fully saturated rings. The number of hydrogen-bond acceptors (Lipinski definition) is 2. The molecule has 0 aromatic heterocycles. The lowest BCUT2D eigenvalue weighted by molar-refractivity contribution is -0.137. The molecule has 0 saturated heterocycles. The zero-order valence-electron chi connectivity index (χ0n) is 33.3. The van der Waals surface area contributed by atoms with E-state index in [0.29, 0.717) is 27.5 Å². The first kappa shape index (κ1) is 37.4. The van der Waals surface area contributed by atoms with E-state index in [9.17, 15) is 4.39 Å². The Kier molecular flexibility index (Phi) is 8.52. The number of nitrogens with zero attached hydrogens (tertiary/aromatic N) is 1. The molecule has 9 rings (SSSR count). The van der Waals surface area contributed by atoms with E-state index in [0.717, 1.165) is 28.2 Å². The second kappa shape index (κ2) is 13.2. The van der Waals surface area contributed by atoms with E-state index in [-0.39, 0.29) is 27.7 Å². The van der Waals surface area contributed by atoms with E-state index >= 15 is 13.2 Å². The molecule has 7 aromatic carbocycles. The molecule has 0 bridgehead atoms. The quantitative estimate of drug-likeness (QED) is 0.162. The first-order valence-electron chi connectivity index (χ1n) is 19.6. The van der Waals surface area contributed by atoms with Gasteiger partial charge in [0.15, 0.2) is 5.60 Å². The summed E-state index contributed by atoms with van der Waals surface area (Å²) in [6, 6.07) is 43.9. The summed E-state index contributed by atoms with van der Waals surface area (Å²) in [7, 11) is 0. The van der Waals surface area contributed by atoms with Gasteiger partial charge < -0.3 is 9.64 Å². The average molecular weight is 774 g/mol. The first-order valence-corrected chi connectivity index (χ1v) is 19.6. The number of halogens is 4. The third-order valence-corrected chi connectivity index (χ3v) is 11.7. The molecular formula is C52H43F4NO. The summed E-state index contributed by atoms with van der Waals surface area (Å²) in [6.07, 6.45) is -1.45. The van der Waals surface area contributed by atoms with Crippen molar-refractivity contribution in [3.8, 4) is 28.0 Å². The Bertz CT molecular complexity index is 2680. The summed E-state index contributed by atoms with van der Waals surface area (Å²) in [6.45, 7) is 13.2. The van der Waals surface area contributed by atoms with E-state index in [1.807, 2.05) is 54.6 Å². The van der Waals surface area contributed by atoms with Gasteiger partial charge in [-0.05, 0) is 99.3 Å². The van der Waals surface area contributed by atoms with Crippen LogP contribution < -0.4 is 9.64 Å². The van der Waals surface area contributed by atoms with Gasteiger partial charge in [-0.25, -0.2) is 4.39 Å². The minimum absolute atomic E-state index is 0.0166. The second-order valence-corrected chi connectivity index (χ2v) is 17.4. The minimum atomic E-state index is -4.68. The summed E-state index contributed by atoms with van der Waals surface area (Å²) in [5.41, 5.74) is 6.57. The summed E-state index contributed by atoms with van der Waals surface area (Å²) in [5, 5.41) is 1.10. The number of alkyl halides is 3. The summed E-state index contributed by atoms with van der Waals surface area (Å²) in [5.74, 6) is -0.293. The molecule has 290 valence electrons. The number of hydrogen-bond donors (Lipinski definition) is 0. The second-order valence-electron chi connectivity index (χ2n) is 17.4. The van der Waals surface area contributed by atoms with Gasteiger partial charge >= 0.3 is 6.18 Å². The largest absolute Gasteiger partial charge is 0.472 e. The molecular weight excluding hydrogens is 731 g/mol. The van der Waals surface area contributed by atoms with Gasteiger partial charge in [-0.3, -0.25) is 0 Å². The molecule has 1 aliphatic carbocycles. The fraction of sp³-hybridized carbons (Fsp3) is 0.192. The number of fused-ring (bicyclic) bond motifs is 5. The number of benzene rings is 7. The molecule has 1 heterocycles. The van der Waals surface area contributed by atoms with Gasteiger partial charge in [0.1, 0.15) is 11.6 Å². The van der Waals surface area contributed by atoms with Crippen LogP contribution in [0.4, 0.5) is 34.6 Å². The highest BCUT2D eigenvalue weighted by atomic mass is 19.4. The molecule has 6 heteroatoms. The highest BCUT2D eigenvalue weighted by molar-refractivity contribution is 6.19. The normalized spacial score (nSPS) is 15.9. The smallest absolute Gasteiger partial charge is 0.417 e. The molecule has 1 aliphatic heterocycles. The zero-order chi connectivity index (χ0) is 40.8. The fourth-order valence-electron chi connectivity index (χ4n) is 8.62. The maximum Gasteiger partial charge on any atom is 0.417 e. The lowest BCUT2D eigenvalue weighted by atomic mass is 9.81. The first-order chi connectivity index (χ1) is 27.5. The maximum atomic E-state index is 15.4. The Labute approximate surface area is 337 Å². The van der Waals surface area contributed by atoms with Crippen molar-refractivity contribution in [2.24, 2.45) is 0 Å². The van der Waals surface area contributed by atoms with Gasteiger partial charge in [0.2, 0.25) is 0 Å². The van der Waals surface area contributed by atoms with Crippen LogP contribution in [0.2, 0.25) is 0 Å². The molecule has 0 spiro atoms. The van der Waals surface area contributed by atoms with E-state index in [1.54, 1.807) is 36.4 Å². The van der Waals surface area contributed by atoms with Crippen LogP contribution in [-0.2, 0) is 22.6 Å². The van der Waals surface area contributed by atoms with Crippen molar-refractivity contribution in [1.29, 1.82) is 0 Å². The van der Waals surface area contributed by atoms with Gasteiger partial charge in [-0.1, -0.05) is 133 Å². The SMILES string of the molecule is CC(C)(C)c1ccc(N(c2ccc(C(C)(C)C)cc2)c2ccc(C3(c4ccc(F)cc4)C=Cc4c(C(F)(F)F)c5c6c(cccc6c4O3)-c3ccccc3-5)cc2)cc1. The van der Waals surface area contributed by atoms with Crippen LogP contribution in [0.5, 0.6) is 5.75 Å². The van der Waals surface area contributed by atoms with Crippen molar-refractivity contribution in [3.63, 3.8) is 0 Å². The molecule has 0 saturated carbocycles. The van der Waals surface area contributed by atoms with Crippen LogP contribution in [-0.4, -0.2) is 0 Å². The lowest BCUT2D eigenvalue weighted by Crippen LogP contribution is -2.35. The Hall–Kier alpha value is -6.14. The molecule has 1 atom stereocenters. The van der Waals surface area contributed by atoms with Crippen molar-refractivity contribution in [2.45, 2.75) is 64.1 Å². The third kappa shape index (κ3) is 6.09. The summed E-state index contributed by atoms with van der Waals surface area (Å²) < 4.78 is 67.7. The average Bonchev–Trinajstić information content (AvgIpc) is 3.52. The Balaban J connectivity index is 1.21. The molecule has 1 unspecified atom stereocenters. The molecule has 58 heavy (non-hydrogen) atoms. The molecule has 7 aromatic rings. The van der Waals surface area contributed by atoms with Crippen molar-refractivity contribution in [1.82, 2.24) is 0 Å². The standard InChI is InChI=1S/C52H43F4NO/c1-49(2,3)32-16-24-37(25-17-32)57(38-26-18-33(19-27-38)50(4,5)6)39-28-20-35(21-29-39)51(34-14-22-36(53)23-15-34)31-30-44-47(52(54,55)56)46-42-11-8-7-10-40(42)41-12-9-13-43(45(41)46)48(44)58-51/h7-31H,1-6H3.